The molecule has 1 aliphatic heterocycles. The minimum absolute atomic E-state index is 0.0178. The summed E-state index contributed by atoms with van der Waals surface area (Å²) in [6.07, 6.45) is 0.373. The number of nitrogens with zero attached hydrogens (tertiary/aromatic N) is 3. The number of nitriles is 1. The Morgan fingerprint density at radius 3 is 2.83 bits per heavy atom. The summed E-state index contributed by atoms with van der Waals surface area (Å²) in [6.45, 7) is 3.54. The Bertz CT molecular complexity index is 462. The van der Waals surface area contributed by atoms with Crippen LogP contribution in [0.25, 0.3) is 0 Å². The van der Waals surface area contributed by atoms with E-state index >= 15 is 0 Å². The number of nitro groups is 1. The van der Waals surface area contributed by atoms with Gasteiger partial charge in [0.05, 0.1) is 23.5 Å². The molecule has 1 saturated heterocycles. The Labute approximate surface area is 109 Å². The van der Waals surface area contributed by atoms with Gasteiger partial charge in [-0.05, 0) is 6.07 Å². The summed E-state index contributed by atoms with van der Waals surface area (Å²) in [5.41, 5.74) is 0. The molecule has 1 fully saturated rings. The van der Waals surface area contributed by atoms with E-state index in [2.05, 4.69) is 16.3 Å². The lowest BCUT2D eigenvalue weighted by molar-refractivity contribution is -0.380. The van der Waals surface area contributed by atoms with Crippen LogP contribution in [-0.2, 0) is 0 Å². The first kappa shape index (κ1) is 13.0. The van der Waals surface area contributed by atoms with Gasteiger partial charge in [0.15, 0.2) is 0 Å². The van der Waals surface area contributed by atoms with Gasteiger partial charge in [0, 0.05) is 37.1 Å². The van der Waals surface area contributed by atoms with Crippen LogP contribution in [0.3, 0.4) is 0 Å². The van der Waals surface area contributed by atoms with E-state index in [1.165, 1.54) is 17.4 Å². The largest absolute Gasteiger partial charge is 0.324 e. The fourth-order valence-corrected chi connectivity index (χ4v) is 3.07. The minimum Gasteiger partial charge on any atom is -0.314 e. The molecule has 0 bridgehead atoms. The van der Waals surface area contributed by atoms with E-state index < -0.39 is 0 Å². The van der Waals surface area contributed by atoms with Crippen LogP contribution in [0.5, 0.6) is 0 Å². The molecular weight excluding hydrogens is 252 g/mol. The summed E-state index contributed by atoms with van der Waals surface area (Å²) >= 11 is 1.17. The highest BCUT2D eigenvalue weighted by atomic mass is 32.1. The van der Waals surface area contributed by atoms with E-state index in [1.807, 2.05) is 0 Å². The standard InChI is InChI=1S/C11H14N4O2S/c12-4-3-9(14-7-5-13-6-8-14)10-1-2-11(18-10)15(16)17/h1-2,9,13H,3,5-8H2/t9-/m0/s1. The van der Waals surface area contributed by atoms with Gasteiger partial charge in [0.25, 0.3) is 0 Å². The molecule has 6 nitrogen and oxygen atoms in total. The Hall–Kier alpha value is -1.49. The molecule has 1 aliphatic rings. The molecule has 96 valence electrons. The predicted molar refractivity (Wildman–Crippen MR) is 68.4 cm³/mol. The van der Waals surface area contributed by atoms with E-state index in [-0.39, 0.29) is 16.0 Å². The second-order valence-corrected chi connectivity index (χ2v) is 5.19. The Kier molecular flexibility index (Phi) is 4.25. The van der Waals surface area contributed by atoms with Crippen LogP contribution in [0, 0.1) is 21.4 Å². The van der Waals surface area contributed by atoms with Crippen molar-refractivity contribution in [2.45, 2.75) is 12.5 Å². The van der Waals surface area contributed by atoms with E-state index in [4.69, 9.17) is 5.26 Å². The normalized spacial score (nSPS) is 18.2. The summed E-state index contributed by atoms with van der Waals surface area (Å²) in [4.78, 5) is 13.4. The predicted octanol–water partition coefficient (Wildman–Crippen LogP) is 1.52. The second-order valence-electron chi connectivity index (χ2n) is 4.10. The number of piperazine rings is 1. The van der Waals surface area contributed by atoms with Crippen molar-refractivity contribution >= 4 is 16.3 Å². The number of nitrogens with one attached hydrogen (secondary N) is 1. The second kappa shape index (κ2) is 5.91. The summed E-state index contributed by atoms with van der Waals surface area (Å²) in [5, 5.41) is 23.0. The Morgan fingerprint density at radius 1 is 1.56 bits per heavy atom. The molecule has 7 heteroatoms. The van der Waals surface area contributed by atoms with Gasteiger partial charge < -0.3 is 5.32 Å². The maximum atomic E-state index is 10.7. The average molecular weight is 266 g/mol. The molecule has 0 radical (unpaired) electrons. The van der Waals surface area contributed by atoms with Gasteiger partial charge in [0.1, 0.15) is 0 Å². The molecule has 0 aromatic carbocycles. The van der Waals surface area contributed by atoms with Crippen LogP contribution in [0.15, 0.2) is 12.1 Å². The third-order valence-corrected chi connectivity index (χ3v) is 4.14. The van der Waals surface area contributed by atoms with Gasteiger partial charge in [-0.25, -0.2) is 0 Å². The maximum Gasteiger partial charge on any atom is 0.324 e. The maximum absolute atomic E-state index is 10.7. The first-order chi connectivity index (χ1) is 8.72. The molecule has 2 heterocycles. The van der Waals surface area contributed by atoms with Crippen molar-refractivity contribution in [3.63, 3.8) is 0 Å². The number of hydrogen-bond donors (Lipinski definition) is 1. The van der Waals surface area contributed by atoms with Crippen molar-refractivity contribution in [2.75, 3.05) is 26.2 Å². The van der Waals surface area contributed by atoms with Gasteiger partial charge in [-0.2, -0.15) is 5.26 Å². The van der Waals surface area contributed by atoms with Crippen molar-refractivity contribution < 1.29 is 4.92 Å². The molecule has 1 atom stereocenters. The van der Waals surface area contributed by atoms with Crippen LogP contribution in [0.1, 0.15) is 17.3 Å². The Morgan fingerprint density at radius 2 is 2.28 bits per heavy atom. The summed E-state index contributed by atoms with van der Waals surface area (Å²) in [6, 6.07) is 5.45. The van der Waals surface area contributed by atoms with Crippen LogP contribution in [0.2, 0.25) is 0 Å². The quantitative estimate of drug-likeness (QED) is 0.660. The topological polar surface area (TPSA) is 82.2 Å². The van der Waals surface area contributed by atoms with Crippen molar-refractivity contribution in [3.05, 3.63) is 27.1 Å². The summed E-state index contributed by atoms with van der Waals surface area (Å²) in [5.74, 6) is 0. The van der Waals surface area contributed by atoms with E-state index in [0.29, 0.717) is 6.42 Å². The van der Waals surface area contributed by atoms with Crippen molar-refractivity contribution in [3.8, 4) is 6.07 Å². The van der Waals surface area contributed by atoms with Crippen LogP contribution in [-0.4, -0.2) is 36.0 Å². The fraction of sp³-hybridized carbons (Fsp3) is 0.545. The van der Waals surface area contributed by atoms with E-state index in [1.54, 1.807) is 6.07 Å². The third kappa shape index (κ3) is 2.85. The van der Waals surface area contributed by atoms with E-state index in [9.17, 15) is 10.1 Å². The molecule has 0 amide bonds. The number of thiophene rings is 1. The highest BCUT2D eigenvalue weighted by Crippen LogP contribution is 2.33. The van der Waals surface area contributed by atoms with Crippen molar-refractivity contribution in [1.82, 2.24) is 10.2 Å². The molecule has 0 unspecified atom stereocenters. The average Bonchev–Trinajstić information content (AvgIpc) is 2.86. The van der Waals surface area contributed by atoms with Gasteiger partial charge in [-0.15, -0.1) is 0 Å². The lowest BCUT2D eigenvalue weighted by atomic mass is 10.1. The molecular formula is C11H14N4O2S. The first-order valence-corrected chi connectivity index (χ1v) is 6.60. The monoisotopic (exact) mass is 266 g/mol. The molecule has 1 N–H and O–H groups in total. The van der Waals surface area contributed by atoms with Gasteiger partial charge >= 0.3 is 5.00 Å². The first-order valence-electron chi connectivity index (χ1n) is 5.78. The lowest BCUT2D eigenvalue weighted by Crippen LogP contribution is -2.44. The zero-order valence-electron chi connectivity index (χ0n) is 9.83. The number of rotatable bonds is 4. The van der Waals surface area contributed by atoms with Crippen LogP contribution < -0.4 is 5.32 Å². The Balaban J connectivity index is 2.17. The zero-order chi connectivity index (χ0) is 13.0. The SMILES string of the molecule is N#CC[C@@H](c1ccc([N+](=O)[O-])s1)N1CCNCC1. The van der Waals surface area contributed by atoms with Gasteiger partial charge in [-0.1, -0.05) is 11.3 Å². The zero-order valence-corrected chi connectivity index (χ0v) is 10.7. The molecule has 18 heavy (non-hydrogen) atoms. The van der Waals surface area contributed by atoms with Gasteiger partial charge in [0.2, 0.25) is 0 Å². The molecule has 1 aromatic heterocycles. The smallest absolute Gasteiger partial charge is 0.314 e. The molecule has 0 spiro atoms. The number of hydrogen-bond acceptors (Lipinski definition) is 6. The summed E-state index contributed by atoms with van der Waals surface area (Å²) in [7, 11) is 0. The summed E-state index contributed by atoms with van der Waals surface area (Å²) < 4.78 is 0. The third-order valence-electron chi connectivity index (χ3n) is 3.00. The highest BCUT2D eigenvalue weighted by molar-refractivity contribution is 7.15. The van der Waals surface area contributed by atoms with E-state index in [0.717, 1.165) is 31.1 Å². The molecule has 0 saturated carbocycles. The van der Waals surface area contributed by atoms with Crippen LogP contribution in [0.4, 0.5) is 5.00 Å². The molecule has 0 aliphatic carbocycles. The van der Waals surface area contributed by atoms with Crippen LogP contribution >= 0.6 is 11.3 Å². The minimum atomic E-state index is -0.380. The lowest BCUT2D eigenvalue weighted by Gasteiger charge is -2.33. The van der Waals surface area contributed by atoms with Gasteiger partial charge in [-0.3, -0.25) is 15.0 Å². The molecule has 1 aromatic rings. The highest BCUT2D eigenvalue weighted by Gasteiger charge is 2.25. The van der Waals surface area contributed by atoms with Crippen molar-refractivity contribution in [2.24, 2.45) is 0 Å². The van der Waals surface area contributed by atoms with Crippen molar-refractivity contribution in [1.29, 1.82) is 5.26 Å². The fourth-order valence-electron chi connectivity index (χ4n) is 2.11. The molecule has 2 rings (SSSR count).